The molecule has 0 bridgehead atoms. The van der Waals surface area contributed by atoms with Gasteiger partial charge in [-0.05, 0) is 44.7 Å². The number of likely N-dealkylation sites (tertiary alicyclic amines) is 1. The summed E-state index contributed by atoms with van der Waals surface area (Å²) in [5.41, 5.74) is 1.47. The quantitative estimate of drug-likeness (QED) is 0.752. The van der Waals surface area contributed by atoms with Gasteiger partial charge in [-0.3, -0.25) is 9.69 Å². The lowest BCUT2D eigenvalue weighted by molar-refractivity contribution is 0.0718. The van der Waals surface area contributed by atoms with Crippen LogP contribution in [0, 0.1) is 0 Å². The second-order valence-corrected chi connectivity index (χ2v) is 7.48. The molecule has 3 rings (SSSR count). The van der Waals surface area contributed by atoms with Crippen molar-refractivity contribution in [2.45, 2.75) is 52.2 Å². The van der Waals surface area contributed by atoms with Gasteiger partial charge in [-0.15, -0.1) is 0 Å². The molecule has 0 spiro atoms. The van der Waals surface area contributed by atoms with Gasteiger partial charge < -0.3 is 9.32 Å². The topological polar surface area (TPSA) is 49.6 Å². The van der Waals surface area contributed by atoms with E-state index in [2.05, 4.69) is 23.7 Å². The van der Waals surface area contributed by atoms with E-state index in [1.165, 1.54) is 12.7 Å². The summed E-state index contributed by atoms with van der Waals surface area (Å²) in [5.74, 6) is 0.535. The first-order chi connectivity index (χ1) is 12.5. The van der Waals surface area contributed by atoms with Gasteiger partial charge in [-0.1, -0.05) is 29.8 Å². The van der Waals surface area contributed by atoms with Gasteiger partial charge in [0.15, 0.2) is 5.69 Å². The average molecular weight is 376 g/mol. The van der Waals surface area contributed by atoms with E-state index >= 15 is 0 Å². The fourth-order valence-corrected chi connectivity index (χ4v) is 3.38. The van der Waals surface area contributed by atoms with Crippen LogP contribution in [0.3, 0.4) is 0 Å². The number of piperidine rings is 1. The number of nitrogens with zero attached hydrogens (tertiary/aromatic N) is 3. The Bertz CT molecular complexity index is 738. The van der Waals surface area contributed by atoms with E-state index in [9.17, 15) is 4.79 Å². The Morgan fingerprint density at radius 1 is 1.23 bits per heavy atom. The largest absolute Gasteiger partial charge is 0.447 e. The van der Waals surface area contributed by atoms with E-state index in [0.717, 1.165) is 36.5 Å². The number of benzene rings is 1. The van der Waals surface area contributed by atoms with Crippen molar-refractivity contribution in [1.82, 2.24) is 14.8 Å². The summed E-state index contributed by atoms with van der Waals surface area (Å²) in [4.78, 5) is 21.1. The first-order valence-corrected chi connectivity index (χ1v) is 9.63. The Balaban J connectivity index is 1.67. The molecule has 0 saturated carbocycles. The SMILES string of the molecule is CC(C)N(Cc1nc(C(=O)N2CCCCC2)co1)Cc1ccccc1Cl. The molecule has 1 amide bonds. The highest BCUT2D eigenvalue weighted by atomic mass is 35.5. The maximum Gasteiger partial charge on any atom is 0.275 e. The van der Waals surface area contributed by atoms with Crippen LogP contribution in [0.15, 0.2) is 34.9 Å². The van der Waals surface area contributed by atoms with Gasteiger partial charge in [0, 0.05) is 30.7 Å². The molecule has 1 fully saturated rings. The monoisotopic (exact) mass is 375 g/mol. The Morgan fingerprint density at radius 2 is 1.96 bits per heavy atom. The maximum absolute atomic E-state index is 12.5. The van der Waals surface area contributed by atoms with Crippen LogP contribution in [0.5, 0.6) is 0 Å². The Labute approximate surface area is 159 Å². The zero-order valence-corrected chi connectivity index (χ0v) is 16.2. The van der Waals surface area contributed by atoms with Crippen LogP contribution in [0.1, 0.15) is 55.1 Å². The van der Waals surface area contributed by atoms with Crippen molar-refractivity contribution in [3.8, 4) is 0 Å². The number of hydrogen-bond acceptors (Lipinski definition) is 4. The molecule has 0 unspecified atom stereocenters. The van der Waals surface area contributed by atoms with Gasteiger partial charge in [0.1, 0.15) is 6.26 Å². The lowest BCUT2D eigenvalue weighted by Crippen LogP contribution is -2.35. The lowest BCUT2D eigenvalue weighted by atomic mass is 10.1. The van der Waals surface area contributed by atoms with Crippen molar-refractivity contribution in [1.29, 1.82) is 0 Å². The standard InChI is InChI=1S/C20H26ClN3O2/c1-15(2)24(12-16-8-4-5-9-17(16)21)13-19-22-18(14-26-19)20(25)23-10-6-3-7-11-23/h4-5,8-9,14-15H,3,6-7,10-13H2,1-2H3. The molecule has 0 aliphatic carbocycles. The third-order valence-corrected chi connectivity index (χ3v) is 5.18. The fraction of sp³-hybridized carbons (Fsp3) is 0.500. The lowest BCUT2D eigenvalue weighted by Gasteiger charge is -2.26. The number of amides is 1. The highest BCUT2D eigenvalue weighted by molar-refractivity contribution is 6.31. The van der Waals surface area contributed by atoms with Gasteiger partial charge in [-0.25, -0.2) is 4.98 Å². The van der Waals surface area contributed by atoms with E-state index in [1.54, 1.807) is 0 Å². The maximum atomic E-state index is 12.5. The molecule has 1 aliphatic heterocycles. The van der Waals surface area contributed by atoms with Crippen molar-refractivity contribution in [2.75, 3.05) is 13.1 Å². The van der Waals surface area contributed by atoms with Crippen LogP contribution in [0.2, 0.25) is 5.02 Å². The fourth-order valence-electron chi connectivity index (χ4n) is 3.18. The number of carbonyl (C=O) groups is 1. The molecule has 0 atom stereocenters. The Kier molecular flexibility index (Phi) is 6.33. The molecule has 26 heavy (non-hydrogen) atoms. The van der Waals surface area contributed by atoms with E-state index in [4.69, 9.17) is 16.0 Å². The number of oxazole rings is 1. The van der Waals surface area contributed by atoms with Crippen LogP contribution in [0.4, 0.5) is 0 Å². The third-order valence-electron chi connectivity index (χ3n) is 4.81. The average Bonchev–Trinajstić information content (AvgIpc) is 3.11. The molecule has 2 aromatic rings. The van der Waals surface area contributed by atoms with Crippen molar-refractivity contribution in [3.05, 3.63) is 52.7 Å². The molecule has 0 N–H and O–H groups in total. The van der Waals surface area contributed by atoms with E-state index in [0.29, 0.717) is 30.7 Å². The van der Waals surface area contributed by atoms with Crippen LogP contribution >= 0.6 is 11.6 Å². The summed E-state index contributed by atoms with van der Waals surface area (Å²) in [7, 11) is 0. The predicted molar refractivity (Wildman–Crippen MR) is 102 cm³/mol. The van der Waals surface area contributed by atoms with Crippen LogP contribution in [-0.4, -0.2) is 39.8 Å². The van der Waals surface area contributed by atoms with Gasteiger partial charge in [0.25, 0.3) is 5.91 Å². The second kappa shape index (κ2) is 8.69. The zero-order valence-electron chi connectivity index (χ0n) is 15.4. The summed E-state index contributed by atoms with van der Waals surface area (Å²) >= 11 is 6.29. The molecule has 1 saturated heterocycles. The Morgan fingerprint density at radius 3 is 2.65 bits per heavy atom. The summed E-state index contributed by atoms with van der Waals surface area (Å²) in [6.07, 6.45) is 4.81. The molecule has 1 aliphatic rings. The number of carbonyl (C=O) groups excluding carboxylic acids is 1. The molecule has 5 nitrogen and oxygen atoms in total. The van der Waals surface area contributed by atoms with Crippen LogP contribution in [0.25, 0.3) is 0 Å². The molecule has 0 radical (unpaired) electrons. The number of aromatic nitrogens is 1. The number of rotatable bonds is 6. The molecule has 1 aromatic carbocycles. The minimum Gasteiger partial charge on any atom is -0.447 e. The summed E-state index contributed by atoms with van der Waals surface area (Å²) in [5, 5.41) is 0.756. The highest BCUT2D eigenvalue weighted by Crippen LogP contribution is 2.20. The molecule has 140 valence electrons. The normalized spacial score (nSPS) is 15.0. The van der Waals surface area contributed by atoms with Crippen LogP contribution < -0.4 is 0 Å². The van der Waals surface area contributed by atoms with E-state index in [-0.39, 0.29) is 5.91 Å². The molecule has 2 heterocycles. The van der Waals surface area contributed by atoms with Crippen molar-refractivity contribution >= 4 is 17.5 Å². The van der Waals surface area contributed by atoms with Crippen molar-refractivity contribution < 1.29 is 9.21 Å². The highest BCUT2D eigenvalue weighted by Gasteiger charge is 2.22. The van der Waals surface area contributed by atoms with E-state index < -0.39 is 0 Å². The molecular formula is C20H26ClN3O2. The van der Waals surface area contributed by atoms with Gasteiger partial charge in [0.05, 0.1) is 6.54 Å². The minimum atomic E-state index is -0.0260. The van der Waals surface area contributed by atoms with Crippen molar-refractivity contribution in [3.63, 3.8) is 0 Å². The number of halogens is 1. The summed E-state index contributed by atoms with van der Waals surface area (Å²) in [6, 6.07) is 8.13. The third kappa shape index (κ3) is 4.65. The van der Waals surface area contributed by atoms with Gasteiger partial charge >= 0.3 is 0 Å². The second-order valence-electron chi connectivity index (χ2n) is 7.07. The Hall–Kier alpha value is -1.85. The van der Waals surface area contributed by atoms with Gasteiger partial charge in [-0.2, -0.15) is 0 Å². The smallest absolute Gasteiger partial charge is 0.275 e. The predicted octanol–water partition coefficient (Wildman–Crippen LogP) is 4.36. The van der Waals surface area contributed by atoms with E-state index in [1.807, 2.05) is 29.2 Å². The van der Waals surface area contributed by atoms with Crippen LogP contribution in [-0.2, 0) is 13.1 Å². The number of hydrogen-bond donors (Lipinski definition) is 0. The molecule has 1 aromatic heterocycles. The summed E-state index contributed by atoms with van der Waals surface area (Å²) in [6.45, 7) is 7.11. The molecular weight excluding hydrogens is 350 g/mol. The van der Waals surface area contributed by atoms with Crippen molar-refractivity contribution in [2.24, 2.45) is 0 Å². The zero-order chi connectivity index (χ0) is 18.5. The first kappa shape index (κ1) is 18.9. The molecule has 6 heteroatoms. The first-order valence-electron chi connectivity index (χ1n) is 9.25. The van der Waals surface area contributed by atoms with Gasteiger partial charge in [0.2, 0.25) is 5.89 Å². The minimum absolute atomic E-state index is 0.0260. The summed E-state index contributed by atoms with van der Waals surface area (Å²) < 4.78 is 5.59.